The summed E-state index contributed by atoms with van der Waals surface area (Å²) < 4.78 is 6.57. The van der Waals surface area contributed by atoms with Gasteiger partial charge in [-0.15, -0.1) is 0 Å². The molecule has 0 amide bonds. The average Bonchev–Trinajstić information content (AvgIpc) is 2.88. The van der Waals surface area contributed by atoms with Gasteiger partial charge in [-0.2, -0.15) is 0 Å². The average molecular weight is 313 g/mol. The molecule has 1 saturated heterocycles. The Kier molecular flexibility index (Phi) is 4.30. The lowest BCUT2D eigenvalue weighted by atomic mass is 9.84. The van der Waals surface area contributed by atoms with Gasteiger partial charge in [-0.25, -0.2) is 0 Å². The van der Waals surface area contributed by atoms with Crippen molar-refractivity contribution < 1.29 is 4.74 Å². The molecule has 0 aromatic heterocycles. The van der Waals surface area contributed by atoms with Crippen LogP contribution in [0.25, 0.3) is 0 Å². The highest BCUT2D eigenvalue weighted by atomic mass is 79.9. The monoisotopic (exact) mass is 312 g/mol. The molecule has 4 heteroatoms. The fourth-order valence-corrected chi connectivity index (χ4v) is 2.75. The first-order valence-corrected chi connectivity index (χ1v) is 7.16. The highest BCUT2D eigenvalue weighted by Gasteiger charge is 2.35. The van der Waals surface area contributed by atoms with E-state index in [4.69, 9.17) is 10.5 Å². The van der Waals surface area contributed by atoms with Crippen LogP contribution in [0.5, 0.6) is 0 Å². The molecule has 1 aliphatic heterocycles. The van der Waals surface area contributed by atoms with Crippen LogP contribution in [0, 0.1) is 12.8 Å². The predicted octanol–water partition coefficient (Wildman–Crippen LogP) is 2.92. The molecule has 3 nitrogen and oxygen atoms in total. The van der Waals surface area contributed by atoms with E-state index < -0.39 is 0 Å². The number of hydrogen-bond acceptors (Lipinski definition) is 3. The standard InChI is InChI=1S/C14H21BrN2O/c1-10-3-4-12(15)13(7-10)17-14(2,9-16)11-5-6-18-8-11/h3-4,7,11,17H,5-6,8-9,16H2,1-2H3. The second kappa shape index (κ2) is 5.59. The zero-order chi connectivity index (χ0) is 13.2. The van der Waals surface area contributed by atoms with Gasteiger partial charge in [0.1, 0.15) is 0 Å². The Balaban J connectivity index is 2.21. The van der Waals surface area contributed by atoms with Crippen LogP contribution in [-0.4, -0.2) is 25.3 Å². The SMILES string of the molecule is Cc1ccc(Br)c(NC(C)(CN)C2CCOC2)c1. The molecule has 2 rings (SSSR count). The molecule has 0 spiro atoms. The molecule has 18 heavy (non-hydrogen) atoms. The minimum atomic E-state index is -0.118. The maximum Gasteiger partial charge on any atom is 0.0518 e. The lowest BCUT2D eigenvalue weighted by Gasteiger charge is -2.36. The molecule has 2 unspecified atom stereocenters. The van der Waals surface area contributed by atoms with Crippen LogP contribution < -0.4 is 11.1 Å². The highest BCUT2D eigenvalue weighted by molar-refractivity contribution is 9.10. The Morgan fingerprint density at radius 1 is 1.56 bits per heavy atom. The number of anilines is 1. The summed E-state index contributed by atoms with van der Waals surface area (Å²) >= 11 is 3.59. The molecule has 100 valence electrons. The highest BCUT2D eigenvalue weighted by Crippen LogP contribution is 2.32. The Morgan fingerprint density at radius 2 is 2.33 bits per heavy atom. The van der Waals surface area contributed by atoms with Crippen LogP contribution in [0.4, 0.5) is 5.69 Å². The third kappa shape index (κ3) is 2.87. The number of ether oxygens (including phenoxy) is 1. The first kappa shape index (κ1) is 13.8. The molecule has 0 saturated carbocycles. The number of aryl methyl sites for hydroxylation is 1. The van der Waals surface area contributed by atoms with Crippen molar-refractivity contribution in [1.29, 1.82) is 0 Å². The van der Waals surface area contributed by atoms with Gasteiger partial charge >= 0.3 is 0 Å². The van der Waals surface area contributed by atoms with Gasteiger partial charge < -0.3 is 15.8 Å². The Hall–Kier alpha value is -0.580. The minimum absolute atomic E-state index is 0.118. The topological polar surface area (TPSA) is 47.3 Å². The van der Waals surface area contributed by atoms with E-state index in [1.165, 1.54) is 5.56 Å². The summed E-state index contributed by atoms with van der Waals surface area (Å²) in [5.41, 5.74) is 8.22. The number of benzene rings is 1. The summed E-state index contributed by atoms with van der Waals surface area (Å²) in [5, 5.41) is 3.60. The summed E-state index contributed by atoms with van der Waals surface area (Å²) in [5.74, 6) is 0.468. The quantitative estimate of drug-likeness (QED) is 0.898. The molecule has 2 atom stereocenters. The van der Waals surface area contributed by atoms with Crippen LogP contribution in [0.15, 0.2) is 22.7 Å². The molecule has 0 bridgehead atoms. The third-order valence-corrected chi connectivity index (χ3v) is 4.49. The number of halogens is 1. The lowest BCUT2D eigenvalue weighted by molar-refractivity contribution is 0.172. The van der Waals surface area contributed by atoms with E-state index in [2.05, 4.69) is 53.3 Å². The van der Waals surface area contributed by atoms with E-state index in [0.717, 1.165) is 29.8 Å². The first-order chi connectivity index (χ1) is 8.55. The summed E-state index contributed by atoms with van der Waals surface area (Å²) in [6, 6.07) is 6.31. The zero-order valence-corrected chi connectivity index (χ0v) is 12.6. The Labute approximate surface area is 117 Å². The predicted molar refractivity (Wildman–Crippen MR) is 78.9 cm³/mol. The van der Waals surface area contributed by atoms with Crippen molar-refractivity contribution >= 4 is 21.6 Å². The maximum atomic E-state index is 5.99. The second-order valence-corrected chi connectivity index (χ2v) is 6.14. The van der Waals surface area contributed by atoms with Gasteiger partial charge in [-0.3, -0.25) is 0 Å². The number of nitrogens with one attached hydrogen (secondary N) is 1. The smallest absolute Gasteiger partial charge is 0.0518 e. The molecule has 1 aromatic carbocycles. The van der Waals surface area contributed by atoms with E-state index in [0.29, 0.717) is 12.5 Å². The molecule has 1 fully saturated rings. The molecule has 1 aromatic rings. The molecule has 0 aliphatic carbocycles. The van der Waals surface area contributed by atoms with Crippen LogP contribution in [0.1, 0.15) is 18.9 Å². The van der Waals surface area contributed by atoms with E-state index >= 15 is 0 Å². The summed E-state index contributed by atoms with van der Waals surface area (Å²) in [4.78, 5) is 0. The minimum Gasteiger partial charge on any atom is -0.381 e. The molecular formula is C14H21BrN2O. The van der Waals surface area contributed by atoms with Gasteiger partial charge in [0.2, 0.25) is 0 Å². The molecule has 1 heterocycles. The number of nitrogens with two attached hydrogens (primary N) is 1. The van der Waals surface area contributed by atoms with Gasteiger partial charge in [0, 0.05) is 29.2 Å². The normalized spacial score (nSPS) is 22.8. The van der Waals surface area contributed by atoms with Crippen molar-refractivity contribution in [1.82, 2.24) is 0 Å². The maximum absolute atomic E-state index is 5.99. The van der Waals surface area contributed by atoms with Gasteiger partial charge in [-0.05, 0) is 53.9 Å². The molecule has 1 aliphatic rings. The number of rotatable bonds is 4. The van der Waals surface area contributed by atoms with Gasteiger partial charge in [0.05, 0.1) is 12.1 Å². The Bertz CT molecular complexity index is 418. The van der Waals surface area contributed by atoms with E-state index in [9.17, 15) is 0 Å². The van der Waals surface area contributed by atoms with Crippen molar-refractivity contribution in [2.24, 2.45) is 11.7 Å². The number of hydrogen-bond donors (Lipinski definition) is 2. The molecule has 0 radical (unpaired) electrons. The summed E-state index contributed by atoms with van der Waals surface area (Å²) in [6.07, 6.45) is 1.07. The van der Waals surface area contributed by atoms with Crippen molar-refractivity contribution in [3.63, 3.8) is 0 Å². The van der Waals surface area contributed by atoms with Gasteiger partial charge in [-0.1, -0.05) is 6.07 Å². The van der Waals surface area contributed by atoms with Crippen LogP contribution in [0.3, 0.4) is 0 Å². The third-order valence-electron chi connectivity index (χ3n) is 3.80. The molecule has 3 N–H and O–H groups in total. The van der Waals surface area contributed by atoms with Crippen LogP contribution >= 0.6 is 15.9 Å². The van der Waals surface area contributed by atoms with E-state index in [1.54, 1.807) is 0 Å². The Morgan fingerprint density at radius 3 is 2.94 bits per heavy atom. The lowest BCUT2D eigenvalue weighted by Crippen LogP contribution is -2.49. The van der Waals surface area contributed by atoms with Crippen LogP contribution in [0.2, 0.25) is 0 Å². The largest absolute Gasteiger partial charge is 0.381 e. The van der Waals surface area contributed by atoms with Crippen LogP contribution in [-0.2, 0) is 4.74 Å². The fraction of sp³-hybridized carbons (Fsp3) is 0.571. The van der Waals surface area contributed by atoms with Gasteiger partial charge in [0.15, 0.2) is 0 Å². The fourth-order valence-electron chi connectivity index (χ4n) is 2.40. The summed E-state index contributed by atoms with van der Waals surface area (Å²) in [7, 11) is 0. The van der Waals surface area contributed by atoms with Crippen molar-refractivity contribution in [2.45, 2.75) is 25.8 Å². The van der Waals surface area contributed by atoms with Crippen molar-refractivity contribution in [2.75, 3.05) is 25.1 Å². The first-order valence-electron chi connectivity index (χ1n) is 6.37. The van der Waals surface area contributed by atoms with Crippen molar-refractivity contribution in [3.05, 3.63) is 28.2 Å². The van der Waals surface area contributed by atoms with E-state index in [1.807, 2.05) is 0 Å². The molecular weight excluding hydrogens is 292 g/mol. The van der Waals surface area contributed by atoms with Gasteiger partial charge in [0.25, 0.3) is 0 Å². The zero-order valence-electron chi connectivity index (χ0n) is 11.0. The second-order valence-electron chi connectivity index (χ2n) is 5.29. The summed E-state index contributed by atoms with van der Waals surface area (Å²) in [6.45, 7) is 6.51. The van der Waals surface area contributed by atoms with E-state index in [-0.39, 0.29) is 5.54 Å². The van der Waals surface area contributed by atoms with Crippen molar-refractivity contribution in [3.8, 4) is 0 Å².